The minimum Gasteiger partial charge on any atom is -0.481 e. The van der Waals surface area contributed by atoms with E-state index in [1.54, 1.807) is 4.90 Å². The summed E-state index contributed by atoms with van der Waals surface area (Å²) in [6.45, 7) is 4.75. The lowest BCUT2D eigenvalue weighted by atomic mass is 9.98. The molecule has 0 bridgehead atoms. The van der Waals surface area contributed by atoms with Crippen molar-refractivity contribution in [2.75, 3.05) is 19.7 Å². The van der Waals surface area contributed by atoms with Crippen LogP contribution in [-0.4, -0.2) is 53.7 Å². The highest BCUT2D eigenvalue weighted by molar-refractivity contribution is 5.79. The number of aliphatic carboxylic acids is 1. The van der Waals surface area contributed by atoms with Crippen molar-refractivity contribution in [2.24, 2.45) is 0 Å². The van der Waals surface area contributed by atoms with Crippen LogP contribution in [-0.2, 0) is 14.3 Å². The van der Waals surface area contributed by atoms with Gasteiger partial charge < -0.3 is 20.1 Å². The van der Waals surface area contributed by atoms with Crippen LogP contribution in [0.3, 0.4) is 0 Å². The molecule has 0 saturated carbocycles. The third kappa shape index (κ3) is 6.34. The second kappa shape index (κ2) is 11.5. The number of hydrogen-bond acceptors (Lipinski definition) is 4. The van der Waals surface area contributed by atoms with Gasteiger partial charge in [0.1, 0.15) is 6.61 Å². The van der Waals surface area contributed by atoms with Gasteiger partial charge >= 0.3 is 12.1 Å². The van der Waals surface area contributed by atoms with Crippen molar-refractivity contribution in [2.45, 2.75) is 51.5 Å². The van der Waals surface area contributed by atoms with Gasteiger partial charge in [0, 0.05) is 31.5 Å². The van der Waals surface area contributed by atoms with Gasteiger partial charge in [-0.25, -0.2) is 4.79 Å². The second-order valence-corrected chi connectivity index (χ2v) is 8.43. The van der Waals surface area contributed by atoms with E-state index in [0.717, 1.165) is 17.5 Å². The first-order chi connectivity index (χ1) is 15.9. The molecule has 0 fully saturated rings. The van der Waals surface area contributed by atoms with Gasteiger partial charge in [0.2, 0.25) is 5.91 Å². The fourth-order valence-corrected chi connectivity index (χ4v) is 4.27. The first-order valence-corrected chi connectivity index (χ1v) is 11.5. The van der Waals surface area contributed by atoms with Crippen LogP contribution in [0.4, 0.5) is 4.79 Å². The summed E-state index contributed by atoms with van der Waals surface area (Å²) in [6.07, 6.45) is 0.881. The van der Waals surface area contributed by atoms with Crippen molar-refractivity contribution in [1.29, 1.82) is 0 Å². The lowest BCUT2D eigenvalue weighted by Crippen LogP contribution is -2.37. The van der Waals surface area contributed by atoms with E-state index in [1.807, 2.05) is 38.1 Å². The molecule has 0 spiro atoms. The number of carboxylic acids is 1. The van der Waals surface area contributed by atoms with Crippen molar-refractivity contribution >= 4 is 18.0 Å². The third-order valence-electron chi connectivity index (χ3n) is 5.94. The van der Waals surface area contributed by atoms with Crippen molar-refractivity contribution in [3.05, 3.63) is 59.7 Å². The van der Waals surface area contributed by atoms with E-state index >= 15 is 0 Å². The number of nitrogens with one attached hydrogen (secondary N) is 1. The first kappa shape index (κ1) is 24.3. The SMILES string of the molecule is CCCN(CCC(=O)O)C(=O)CCC(C)NC(=O)OCC1c2ccccc2-c2ccccc21. The fourth-order valence-electron chi connectivity index (χ4n) is 4.27. The Kier molecular flexibility index (Phi) is 8.46. The topological polar surface area (TPSA) is 95.9 Å². The molecule has 7 nitrogen and oxygen atoms in total. The summed E-state index contributed by atoms with van der Waals surface area (Å²) in [6, 6.07) is 16.1. The molecule has 2 aromatic rings. The minimum absolute atomic E-state index is 0.00290. The van der Waals surface area contributed by atoms with E-state index in [4.69, 9.17) is 9.84 Å². The number of ether oxygens (including phenoxy) is 1. The predicted octanol–water partition coefficient (Wildman–Crippen LogP) is 4.41. The number of benzene rings is 2. The maximum atomic E-state index is 12.5. The zero-order valence-corrected chi connectivity index (χ0v) is 19.3. The van der Waals surface area contributed by atoms with Crippen LogP contribution in [0.25, 0.3) is 11.1 Å². The Morgan fingerprint density at radius 2 is 1.61 bits per heavy atom. The fraction of sp³-hybridized carbons (Fsp3) is 0.423. The van der Waals surface area contributed by atoms with Gasteiger partial charge in [0.05, 0.1) is 6.42 Å². The Hall–Kier alpha value is -3.35. The Morgan fingerprint density at radius 1 is 1.00 bits per heavy atom. The summed E-state index contributed by atoms with van der Waals surface area (Å²) in [7, 11) is 0. The van der Waals surface area contributed by atoms with Crippen LogP contribution >= 0.6 is 0 Å². The molecule has 33 heavy (non-hydrogen) atoms. The van der Waals surface area contributed by atoms with Gasteiger partial charge in [0.25, 0.3) is 0 Å². The summed E-state index contributed by atoms with van der Waals surface area (Å²) in [4.78, 5) is 37.2. The van der Waals surface area contributed by atoms with Gasteiger partial charge in [-0.2, -0.15) is 0 Å². The maximum absolute atomic E-state index is 12.5. The summed E-state index contributed by atoms with van der Waals surface area (Å²) in [5.41, 5.74) is 4.66. The highest BCUT2D eigenvalue weighted by Gasteiger charge is 2.29. The molecule has 0 radical (unpaired) electrons. The van der Waals surface area contributed by atoms with Crippen molar-refractivity contribution in [1.82, 2.24) is 10.2 Å². The summed E-state index contributed by atoms with van der Waals surface area (Å²) < 4.78 is 5.56. The molecule has 1 aliphatic rings. The van der Waals surface area contributed by atoms with E-state index < -0.39 is 12.1 Å². The molecular weight excluding hydrogens is 420 g/mol. The Bertz CT molecular complexity index is 945. The molecule has 1 aliphatic carbocycles. The first-order valence-electron chi connectivity index (χ1n) is 11.5. The average molecular weight is 453 g/mol. The summed E-state index contributed by atoms with van der Waals surface area (Å²) in [5, 5.41) is 11.7. The highest BCUT2D eigenvalue weighted by atomic mass is 16.5. The molecule has 1 unspecified atom stereocenters. The Morgan fingerprint density at radius 3 is 2.18 bits per heavy atom. The van der Waals surface area contributed by atoms with Crippen LogP contribution in [0.5, 0.6) is 0 Å². The van der Waals surface area contributed by atoms with E-state index in [1.165, 1.54) is 11.1 Å². The summed E-state index contributed by atoms with van der Waals surface area (Å²) >= 11 is 0. The molecule has 2 N–H and O–H groups in total. The Balaban J connectivity index is 1.48. The number of hydrogen-bond donors (Lipinski definition) is 2. The standard InChI is InChI=1S/C26H32N2O5/c1-3-15-28(16-14-25(30)31)24(29)13-12-18(2)27-26(32)33-17-23-21-10-6-4-8-19(21)20-9-5-7-11-22(20)23/h4-11,18,23H,3,12-17H2,1-2H3,(H,27,32)(H,30,31). The number of rotatable bonds is 11. The van der Waals surface area contributed by atoms with Crippen molar-refractivity contribution in [3.8, 4) is 11.1 Å². The van der Waals surface area contributed by atoms with Gasteiger partial charge in [-0.15, -0.1) is 0 Å². The van der Waals surface area contributed by atoms with Crippen LogP contribution in [0.1, 0.15) is 56.6 Å². The van der Waals surface area contributed by atoms with Crippen LogP contribution < -0.4 is 5.32 Å². The number of fused-ring (bicyclic) bond motifs is 3. The molecule has 0 heterocycles. The van der Waals surface area contributed by atoms with Gasteiger partial charge in [-0.05, 0) is 42.0 Å². The lowest BCUT2D eigenvalue weighted by molar-refractivity contribution is -0.138. The Labute approximate surface area is 194 Å². The van der Waals surface area contributed by atoms with Crippen LogP contribution in [0.2, 0.25) is 0 Å². The molecule has 0 aliphatic heterocycles. The zero-order valence-electron chi connectivity index (χ0n) is 19.3. The molecule has 0 aromatic heterocycles. The highest BCUT2D eigenvalue weighted by Crippen LogP contribution is 2.44. The second-order valence-electron chi connectivity index (χ2n) is 8.43. The van der Waals surface area contributed by atoms with Crippen LogP contribution in [0.15, 0.2) is 48.5 Å². The molecule has 2 amide bonds. The lowest BCUT2D eigenvalue weighted by Gasteiger charge is -2.22. The molecule has 7 heteroatoms. The molecule has 2 aromatic carbocycles. The van der Waals surface area contributed by atoms with E-state index in [9.17, 15) is 14.4 Å². The van der Waals surface area contributed by atoms with Crippen LogP contribution in [0, 0.1) is 0 Å². The minimum atomic E-state index is -0.922. The number of amides is 2. The number of carboxylic acid groups (broad SMARTS) is 1. The third-order valence-corrected chi connectivity index (χ3v) is 5.94. The number of carbonyl (C=O) groups is 3. The average Bonchev–Trinajstić information content (AvgIpc) is 3.12. The molecule has 176 valence electrons. The summed E-state index contributed by atoms with van der Waals surface area (Å²) in [5.74, 6) is -1.02. The van der Waals surface area contributed by atoms with Crippen molar-refractivity contribution < 1.29 is 24.2 Å². The molecule has 3 rings (SSSR count). The monoisotopic (exact) mass is 452 g/mol. The largest absolute Gasteiger partial charge is 0.481 e. The molecular formula is C26H32N2O5. The van der Waals surface area contributed by atoms with Crippen molar-refractivity contribution in [3.63, 3.8) is 0 Å². The smallest absolute Gasteiger partial charge is 0.407 e. The predicted molar refractivity (Wildman–Crippen MR) is 126 cm³/mol. The number of alkyl carbamates (subject to hydrolysis) is 1. The van der Waals surface area contributed by atoms with E-state index in [2.05, 4.69) is 29.6 Å². The van der Waals surface area contributed by atoms with Gasteiger partial charge in [-0.3, -0.25) is 9.59 Å². The van der Waals surface area contributed by atoms with E-state index in [0.29, 0.717) is 13.0 Å². The number of nitrogens with zero attached hydrogens (tertiary/aromatic N) is 1. The van der Waals surface area contributed by atoms with Gasteiger partial charge in [-0.1, -0.05) is 55.5 Å². The quantitative estimate of drug-likeness (QED) is 0.527. The maximum Gasteiger partial charge on any atom is 0.407 e. The van der Waals surface area contributed by atoms with E-state index in [-0.39, 0.29) is 43.9 Å². The zero-order chi connectivity index (χ0) is 23.8. The van der Waals surface area contributed by atoms with Gasteiger partial charge in [0.15, 0.2) is 0 Å². The molecule has 1 atom stereocenters. The number of carbonyl (C=O) groups excluding carboxylic acids is 2. The normalized spacial score (nSPS) is 13.0. The molecule has 0 saturated heterocycles.